The van der Waals surface area contributed by atoms with Crippen molar-refractivity contribution in [1.82, 2.24) is 9.80 Å². The van der Waals surface area contributed by atoms with Gasteiger partial charge in [-0.25, -0.2) is 0 Å². The van der Waals surface area contributed by atoms with Crippen molar-refractivity contribution in [2.45, 2.75) is 132 Å². The third-order valence-electron chi connectivity index (χ3n) is 7.11. The monoisotopic (exact) mass is 678 g/mol. The average molecular weight is 679 g/mol. The predicted molar refractivity (Wildman–Crippen MR) is 201 cm³/mol. The summed E-state index contributed by atoms with van der Waals surface area (Å²) in [5.74, 6) is 3.92. The van der Waals surface area contributed by atoms with Crippen molar-refractivity contribution in [2.24, 2.45) is 0 Å². The zero-order chi connectivity index (χ0) is 33.1. The number of hydrogen-bond donors (Lipinski definition) is 0. The maximum atomic E-state index is 5.17. The molecular weight excluding hydrogens is 613 g/mol. The van der Waals surface area contributed by atoms with Crippen LogP contribution in [0.2, 0.25) is 19.6 Å². The van der Waals surface area contributed by atoms with Crippen molar-refractivity contribution in [2.75, 3.05) is 13.1 Å². The number of nitrogens with zero attached hydrogens (tertiary/aromatic N) is 3. The fraction of sp³-hybridized carbons (Fsp3) is 0.579. The van der Waals surface area contributed by atoms with Crippen LogP contribution < -0.4 is 0 Å². The summed E-state index contributed by atoms with van der Waals surface area (Å²) in [6, 6.07) is 4.84. The second-order valence-corrected chi connectivity index (χ2v) is 22.7. The first-order valence-electron chi connectivity index (χ1n) is 16.6. The van der Waals surface area contributed by atoms with Gasteiger partial charge in [-0.1, -0.05) is 147 Å². The normalized spacial score (nSPS) is 15.6. The molecule has 3 rings (SSSR count). The minimum Gasteiger partial charge on any atom is -0.657 e. The third-order valence-corrected chi connectivity index (χ3v) is 10.1. The molecule has 2 heterocycles. The molecule has 1 aromatic rings. The van der Waals surface area contributed by atoms with E-state index >= 15 is 0 Å². The zero-order valence-electron chi connectivity index (χ0n) is 30.8. The molecule has 0 N–H and O–H groups in total. The Labute approximate surface area is 287 Å². The Morgan fingerprint density at radius 2 is 1.25 bits per heavy atom. The van der Waals surface area contributed by atoms with Crippen LogP contribution >= 0.6 is 7.92 Å². The average Bonchev–Trinajstić information content (AvgIpc) is 3.38. The molecule has 1 aromatic carbocycles. The van der Waals surface area contributed by atoms with E-state index in [0.29, 0.717) is 29.1 Å². The summed E-state index contributed by atoms with van der Waals surface area (Å²) in [6.07, 6.45) is 10.7. The van der Waals surface area contributed by atoms with Crippen LogP contribution in [0.5, 0.6) is 0 Å². The van der Waals surface area contributed by atoms with Crippen molar-refractivity contribution in [3.8, 4) is 0 Å². The molecule has 6 heteroatoms. The summed E-state index contributed by atoms with van der Waals surface area (Å²) in [7, 11) is -1.04. The zero-order valence-corrected chi connectivity index (χ0v) is 33.8. The van der Waals surface area contributed by atoms with E-state index in [1.807, 2.05) is 0 Å². The summed E-state index contributed by atoms with van der Waals surface area (Å²) < 4.78 is 0. The van der Waals surface area contributed by atoms with E-state index in [2.05, 4.69) is 174 Å². The smallest absolute Gasteiger partial charge is 0.657 e. The molecule has 0 saturated carbocycles. The maximum Gasteiger partial charge on any atom is 3.00 e. The molecule has 2 aliphatic heterocycles. The van der Waals surface area contributed by atoms with Gasteiger partial charge in [-0.3, -0.25) is 0 Å². The molecule has 0 unspecified atom stereocenters. The van der Waals surface area contributed by atoms with Crippen LogP contribution in [0, 0.1) is 13.2 Å². The van der Waals surface area contributed by atoms with Crippen molar-refractivity contribution in [3.63, 3.8) is 0 Å². The van der Waals surface area contributed by atoms with Crippen LogP contribution in [0.15, 0.2) is 54.3 Å². The summed E-state index contributed by atoms with van der Waals surface area (Å²) >= 11 is 0. The number of benzene rings is 1. The van der Waals surface area contributed by atoms with Gasteiger partial charge in [0, 0.05) is 0 Å². The molecule has 44 heavy (non-hydrogen) atoms. The molecule has 0 saturated heterocycles. The topological polar surface area (TPSA) is 20.6 Å². The first-order valence-corrected chi connectivity index (χ1v) is 21.8. The summed E-state index contributed by atoms with van der Waals surface area (Å²) in [6.45, 7) is 42.2. The Bertz CT molecular complexity index is 1050. The molecule has 0 aliphatic carbocycles. The molecule has 0 bridgehead atoms. The van der Waals surface area contributed by atoms with Gasteiger partial charge in [-0.05, 0) is 76.8 Å². The van der Waals surface area contributed by atoms with Gasteiger partial charge in [0.25, 0.3) is 0 Å². The Kier molecular flexibility index (Phi) is 19.5. The van der Waals surface area contributed by atoms with Crippen LogP contribution in [0.1, 0.15) is 123 Å². The van der Waals surface area contributed by atoms with Gasteiger partial charge in [0.15, 0.2) is 0 Å². The van der Waals surface area contributed by atoms with E-state index in [1.54, 1.807) is 0 Å². The molecule has 0 fully saturated rings. The standard InChI is InChI=1S/C27H41NP.C7H13N2.C4H11Si.Fe/c1-17(2)22-14-24(18(3)4)27(25(15-22)19(5)6)26-13-11-12-23(28-26)16-29(20(7)8)21(9)10;1-3-8-5-6-9(4-2)7-8;1-5(2,3)4;/h11-21H,1-10H3;5-7H,3-4H2,1-2H3;1H2,2-4H3;/q3*-1;+3/b23-16-;;;. The SMILES string of the molecule is CC(C)c1cc(C(C)C)c(C2=CC=C/C(=C/P(C(C)C)C(C)C)[N-]2)c(C(C)C)c1.CCN1C=CN(CC)[CH-]1.[CH2-][Si](C)(C)C.[Fe+3]. The van der Waals surface area contributed by atoms with Crippen LogP contribution in [0.25, 0.3) is 11.0 Å². The van der Waals surface area contributed by atoms with Crippen molar-refractivity contribution in [1.29, 1.82) is 0 Å². The maximum absolute atomic E-state index is 5.17. The first-order chi connectivity index (χ1) is 19.9. The van der Waals surface area contributed by atoms with Gasteiger partial charge in [-0.15, -0.1) is 19.5 Å². The van der Waals surface area contributed by atoms with Gasteiger partial charge in [0.1, 0.15) is 0 Å². The molecule has 2 aliphatic rings. The van der Waals surface area contributed by atoms with Gasteiger partial charge in [0.2, 0.25) is 0 Å². The molecular formula is C38H65FeN3PSi. The summed E-state index contributed by atoms with van der Waals surface area (Å²) in [5, 5.41) is 5.17. The van der Waals surface area contributed by atoms with Crippen molar-refractivity contribution < 1.29 is 17.1 Å². The molecule has 1 radical (unpaired) electrons. The van der Waals surface area contributed by atoms with E-state index in [1.165, 1.54) is 22.3 Å². The fourth-order valence-electron chi connectivity index (χ4n) is 4.77. The fourth-order valence-corrected chi connectivity index (χ4v) is 7.01. The number of allylic oxidation sites excluding steroid dienone is 3. The van der Waals surface area contributed by atoms with E-state index in [9.17, 15) is 0 Å². The van der Waals surface area contributed by atoms with E-state index in [-0.39, 0.29) is 25.0 Å². The van der Waals surface area contributed by atoms with Crippen LogP contribution in [-0.4, -0.2) is 42.3 Å². The third kappa shape index (κ3) is 14.9. The number of rotatable bonds is 9. The summed E-state index contributed by atoms with van der Waals surface area (Å²) in [5.41, 5.74) is 9.27. The minimum atomic E-state index is -0.861. The Morgan fingerprint density at radius 1 is 0.818 bits per heavy atom. The predicted octanol–water partition coefficient (Wildman–Crippen LogP) is 12.4. The number of hydrogen-bond acceptors (Lipinski definition) is 2. The van der Waals surface area contributed by atoms with E-state index < -0.39 is 8.07 Å². The van der Waals surface area contributed by atoms with Gasteiger partial charge in [-0.2, -0.15) is 6.67 Å². The van der Waals surface area contributed by atoms with Gasteiger partial charge < -0.3 is 21.7 Å². The minimum absolute atomic E-state index is 0. The van der Waals surface area contributed by atoms with E-state index in [4.69, 9.17) is 5.32 Å². The molecule has 3 nitrogen and oxygen atoms in total. The molecule has 0 spiro atoms. The first kappa shape index (κ1) is 42.7. The largest absolute Gasteiger partial charge is 3.00 e. The van der Waals surface area contributed by atoms with E-state index in [0.717, 1.165) is 24.5 Å². The molecule has 0 atom stereocenters. The second kappa shape index (κ2) is 20.1. The van der Waals surface area contributed by atoms with Crippen LogP contribution in [-0.2, 0) is 17.1 Å². The van der Waals surface area contributed by atoms with Crippen LogP contribution in [0.3, 0.4) is 0 Å². The Morgan fingerprint density at radius 3 is 1.57 bits per heavy atom. The van der Waals surface area contributed by atoms with Crippen molar-refractivity contribution in [3.05, 3.63) is 95.1 Å². The van der Waals surface area contributed by atoms with Crippen LogP contribution in [0.4, 0.5) is 0 Å². The molecule has 249 valence electrons. The van der Waals surface area contributed by atoms with Gasteiger partial charge >= 0.3 is 17.1 Å². The Hall–Kier alpha value is -1.25. The molecule has 0 amide bonds. The van der Waals surface area contributed by atoms with Crippen molar-refractivity contribution >= 4 is 21.7 Å². The second-order valence-electron chi connectivity index (χ2n) is 14.4. The molecule has 0 aromatic heterocycles. The summed E-state index contributed by atoms with van der Waals surface area (Å²) in [4.78, 5) is 4.31. The Balaban J connectivity index is 0.00000101. The quantitative estimate of drug-likeness (QED) is 0.147. The van der Waals surface area contributed by atoms with Gasteiger partial charge in [0.05, 0.1) is 0 Å².